The molecule has 1 amide bonds. The molecule has 1 N–H and O–H groups in total. The number of hydrogen-bond donors (Lipinski definition) is 1. The average molecular weight is 477 g/mol. The Hall–Kier alpha value is -3.39. The molecule has 2 aliphatic heterocycles. The maximum absolute atomic E-state index is 12.5. The zero-order chi connectivity index (χ0) is 24.1. The maximum Gasteiger partial charge on any atom is 0.283 e. The number of aryl methyl sites for hydroxylation is 2. The minimum atomic E-state index is -0.420. The number of carbonyl (C=O) groups excluding carboxylic acids is 1. The van der Waals surface area contributed by atoms with Crippen LogP contribution in [-0.2, 0) is 11.2 Å². The van der Waals surface area contributed by atoms with Crippen molar-refractivity contribution in [3.05, 3.63) is 64.7 Å². The van der Waals surface area contributed by atoms with Crippen molar-refractivity contribution in [2.75, 3.05) is 13.2 Å². The van der Waals surface area contributed by atoms with Crippen molar-refractivity contribution in [1.82, 2.24) is 5.01 Å². The van der Waals surface area contributed by atoms with Crippen LogP contribution in [0.4, 0.5) is 0 Å². The van der Waals surface area contributed by atoms with Crippen molar-refractivity contribution in [1.29, 1.82) is 5.41 Å². The number of nitrogens with zero attached hydrogens (tertiary/aromatic N) is 3. The number of carbonyl (C=O) groups is 1. The summed E-state index contributed by atoms with van der Waals surface area (Å²) in [5.41, 5.74) is 3.44. The molecule has 2 aliphatic rings. The Morgan fingerprint density at radius 2 is 1.79 bits per heavy atom. The van der Waals surface area contributed by atoms with Gasteiger partial charge in [0.1, 0.15) is 29.8 Å². The number of amidine groups is 2. The van der Waals surface area contributed by atoms with Crippen LogP contribution in [0.5, 0.6) is 11.5 Å². The van der Waals surface area contributed by atoms with Gasteiger partial charge >= 0.3 is 0 Å². The van der Waals surface area contributed by atoms with E-state index in [1.54, 1.807) is 6.08 Å². The molecule has 0 aromatic heterocycles. The van der Waals surface area contributed by atoms with Crippen LogP contribution in [0.25, 0.3) is 6.08 Å². The number of ether oxygens (including phenoxy) is 2. The lowest BCUT2D eigenvalue weighted by molar-refractivity contribution is -0.114. The van der Waals surface area contributed by atoms with Gasteiger partial charge in [0, 0.05) is 0 Å². The average Bonchev–Trinajstić information content (AvgIpc) is 3.22. The number of hydrogen-bond acceptors (Lipinski definition) is 6. The van der Waals surface area contributed by atoms with Crippen LogP contribution < -0.4 is 9.47 Å². The lowest BCUT2D eigenvalue weighted by Crippen LogP contribution is -2.35. The van der Waals surface area contributed by atoms with Gasteiger partial charge in [0.05, 0.1) is 5.57 Å². The summed E-state index contributed by atoms with van der Waals surface area (Å²) in [7, 11) is 0. The normalized spacial score (nSPS) is 16.4. The number of rotatable bonds is 9. The second-order valence-corrected chi connectivity index (χ2v) is 9.08. The van der Waals surface area contributed by atoms with E-state index in [-0.39, 0.29) is 11.4 Å². The molecule has 0 atom stereocenters. The van der Waals surface area contributed by atoms with Crippen LogP contribution in [0.3, 0.4) is 0 Å². The highest BCUT2D eigenvalue weighted by Gasteiger charge is 2.35. The van der Waals surface area contributed by atoms with Gasteiger partial charge in [-0.25, -0.2) is 0 Å². The molecule has 8 heteroatoms. The maximum atomic E-state index is 12.5. The molecule has 0 unspecified atom stereocenters. The van der Waals surface area contributed by atoms with Crippen LogP contribution in [0.1, 0.15) is 43.4 Å². The lowest BCUT2D eigenvalue weighted by atomic mass is 10.1. The summed E-state index contributed by atoms with van der Waals surface area (Å²) in [4.78, 5) is 16.6. The molecule has 0 aliphatic carbocycles. The summed E-state index contributed by atoms with van der Waals surface area (Å²) < 4.78 is 11.6. The van der Waals surface area contributed by atoms with Gasteiger partial charge < -0.3 is 9.47 Å². The molecule has 0 fully saturated rings. The summed E-state index contributed by atoms with van der Waals surface area (Å²) in [6, 6.07) is 13.6. The fraction of sp³-hybridized carbons (Fsp3) is 0.308. The number of fused-ring (bicyclic) bond motifs is 1. The highest BCUT2D eigenvalue weighted by atomic mass is 32.2. The molecule has 7 nitrogen and oxygen atoms in total. The first kappa shape index (κ1) is 23.8. The van der Waals surface area contributed by atoms with Crippen LogP contribution >= 0.6 is 11.8 Å². The fourth-order valence-corrected chi connectivity index (χ4v) is 4.59. The van der Waals surface area contributed by atoms with Gasteiger partial charge in [-0.05, 0) is 85.0 Å². The fourth-order valence-electron chi connectivity index (χ4n) is 3.60. The van der Waals surface area contributed by atoms with Gasteiger partial charge in [-0.2, -0.15) is 15.1 Å². The number of thioether (sulfide) groups is 1. The summed E-state index contributed by atoms with van der Waals surface area (Å²) in [5, 5.41) is 15.6. The van der Waals surface area contributed by atoms with Crippen LogP contribution in [-0.4, -0.2) is 40.2 Å². The molecular formula is C26H28N4O3S. The van der Waals surface area contributed by atoms with E-state index in [0.717, 1.165) is 35.6 Å². The molecule has 0 bridgehead atoms. The van der Waals surface area contributed by atoms with Gasteiger partial charge in [-0.3, -0.25) is 10.2 Å². The van der Waals surface area contributed by atoms with E-state index >= 15 is 0 Å². The predicted octanol–water partition coefficient (Wildman–Crippen LogP) is 5.43. The second-order valence-electron chi connectivity index (χ2n) is 8.04. The van der Waals surface area contributed by atoms with E-state index in [1.165, 1.54) is 27.9 Å². The van der Waals surface area contributed by atoms with Gasteiger partial charge in [-0.15, -0.1) is 0 Å². The highest BCUT2D eigenvalue weighted by molar-refractivity contribution is 8.26. The van der Waals surface area contributed by atoms with E-state index in [0.29, 0.717) is 24.1 Å². The SMILES string of the molecule is CCCC1=NN2C(=N)/C(=C/c3ccc(OCCOc4cc(C)cc(CC)c4)cc3)C(=O)N=C2S1. The Labute approximate surface area is 204 Å². The molecule has 2 aromatic rings. The monoisotopic (exact) mass is 476 g/mol. The molecule has 0 saturated heterocycles. The summed E-state index contributed by atoms with van der Waals surface area (Å²) in [5.74, 6) is 1.19. The quantitative estimate of drug-likeness (QED) is 0.385. The third-order valence-electron chi connectivity index (χ3n) is 5.29. The third kappa shape index (κ3) is 5.56. The van der Waals surface area contributed by atoms with Crippen LogP contribution in [0.2, 0.25) is 0 Å². The number of aliphatic imine (C=N–C) groups is 1. The first-order valence-corrected chi connectivity index (χ1v) is 12.2. The van der Waals surface area contributed by atoms with Crippen LogP contribution in [0, 0.1) is 12.3 Å². The molecule has 0 radical (unpaired) electrons. The third-order valence-corrected chi connectivity index (χ3v) is 6.26. The Kier molecular flexibility index (Phi) is 7.47. The van der Waals surface area contributed by atoms with E-state index in [9.17, 15) is 4.79 Å². The molecule has 34 heavy (non-hydrogen) atoms. The van der Waals surface area contributed by atoms with E-state index < -0.39 is 5.91 Å². The van der Waals surface area contributed by atoms with Crippen molar-refractivity contribution >= 4 is 39.8 Å². The zero-order valence-electron chi connectivity index (χ0n) is 19.6. The van der Waals surface area contributed by atoms with E-state index in [2.05, 4.69) is 43.0 Å². The number of amides is 1. The Morgan fingerprint density at radius 3 is 2.50 bits per heavy atom. The van der Waals surface area contributed by atoms with Gasteiger partial charge in [-0.1, -0.05) is 32.0 Å². The topological polar surface area (TPSA) is 87.3 Å². The summed E-state index contributed by atoms with van der Waals surface area (Å²) in [6.07, 6.45) is 4.39. The molecule has 0 saturated carbocycles. The first-order chi connectivity index (χ1) is 16.5. The minimum Gasteiger partial charge on any atom is -0.490 e. The second kappa shape index (κ2) is 10.7. The predicted molar refractivity (Wildman–Crippen MR) is 138 cm³/mol. The van der Waals surface area contributed by atoms with Gasteiger partial charge in [0.15, 0.2) is 5.84 Å². The van der Waals surface area contributed by atoms with Gasteiger partial charge in [0.2, 0.25) is 5.17 Å². The Balaban J connectivity index is 1.34. The molecule has 2 aromatic carbocycles. The van der Waals surface area contributed by atoms with Crippen LogP contribution in [0.15, 0.2) is 58.1 Å². The largest absolute Gasteiger partial charge is 0.490 e. The van der Waals surface area contributed by atoms with Crippen molar-refractivity contribution in [2.45, 2.75) is 40.0 Å². The standard InChI is InChI=1S/C26H28N4O3S/c1-4-6-23-29-30-24(27)22(25(31)28-26(30)34-23)16-19-7-9-20(10-8-19)32-11-12-33-21-14-17(3)13-18(5-2)15-21/h7-10,13-16,27H,4-6,11-12H2,1-3H3/b22-16-,27-24?. The zero-order valence-corrected chi connectivity index (χ0v) is 20.4. The molecule has 2 heterocycles. The minimum absolute atomic E-state index is 0.0495. The molecule has 176 valence electrons. The molecule has 0 spiro atoms. The van der Waals surface area contributed by atoms with Crippen molar-refractivity contribution < 1.29 is 14.3 Å². The number of nitrogens with one attached hydrogen (secondary N) is 1. The van der Waals surface area contributed by atoms with E-state index in [4.69, 9.17) is 14.9 Å². The number of benzene rings is 2. The Bertz CT molecular complexity index is 1190. The molecule has 4 rings (SSSR count). The van der Waals surface area contributed by atoms with Crippen molar-refractivity contribution in [3.63, 3.8) is 0 Å². The molecular weight excluding hydrogens is 448 g/mol. The van der Waals surface area contributed by atoms with E-state index in [1.807, 2.05) is 30.3 Å². The first-order valence-electron chi connectivity index (χ1n) is 11.4. The summed E-state index contributed by atoms with van der Waals surface area (Å²) in [6.45, 7) is 7.12. The van der Waals surface area contributed by atoms with Gasteiger partial charge in [0.25, 0.3) is 5.91 Å². The smallest absolute Gasteiger partial charge is 0.283 e. The Morgan fingerprint density at radius 1 is 1.06 bits per heavy atom. The number of hydrazone groups is 1. The highest BCUT2D eigenvalue weighted by Crippen LogP contribution is 2.30. The van der Waals surface area contributed by atoms with Crippen molar-refractivity contribution in [3.8, 4) is 11.5 Å². The van der Waals surface area contributed by atoms with Crippen molar-refractivity contribution in [2.24, 2.45) is 10.1 Å². The summed E-state index contributed by atoms with van der Waals surface area (Å²) >= 11 is 1.36. The lowest BCUT2D eigenvalue weighted by Gasteiger charge is -2.20.